The second-order valence-electron chi connectivity index (χ2n) is 7.10. The number of hydrogen-bond donors (Lipinski definition) is 2. The Morgan fingerprint density at radius 3 is 2.87 bits per heavy atom. The van der Waals surface area contributed by atoms with Gasteiger partial charge in [0.1, 0.15) is 11.5 Å². The molecule has 1 aliphatic rings. The zero-order valence-electron chi connectivity index (χ0n) is 17.5. The first-order valence-electron chi connectivity index (χ1n) is 9.85. The van der Waals surface area contributed by atoms with Gasteiger partial charge < -0.3 is 20.1 Å². The van der Waals surface area contributed by atoms with Gasteiger partial charge in [0.25, 0.3) is 0 Å². The van der Waals surface area contributed by atoms with Gasteiger partial charge in [0.15, 0.2) is 5.96 Å². The highest BCUT2D eigenvalue weighted by molar-refractivity contribution is 7.10. The Labute approximate surface area is 179 Å². The molecule has 2 N–H and O–H groups in total. The molecule has 0 aliphatic carbocycles. The van der Waals surface area contributed by atoms with Gasteiger partial charge in [-0.2, -0.15) is 8.78 Å². The van der Waals surface area contributed by atoms with Crippen LogP contribution in [0.15, 0.2) is 34.6 Å². The van der Waals surface area contributed by atoms with Crippen molar-refractivity contribution in [2.45, 2.75) is 39.1 Å². The van der Waals surface area contributed by atoms with E-state index in [1.165, 1.54) is 23.6 Å². The van der Waals surface area contributed by atoms with E-state index in [0.717, 1.165) is 26.1 Å². The summed E-state index contributed by atoms with van der Waals surface area (Å²) < 4.78 is 35.2. The Kier molecular flexibility index (Phi) is 7.87. The lowest BCUT2D eigenvalue weighted by molar-refractivity contribution is -0.0504. The number of methoxy groups -OCH3 is 1. The van der Waals surface area contributed by atoms with Crippen LogP contribution < -0.4 is 20.1 Å². The molecule has 0 saturated carbocycles. The third-order valence-corrected chi connectivity index (χ3v) is 6.20. The molecule has 6 nitrogen and oxygen atoms in total. The van der Waals surface area contributed by atoms with Crippen molar-refractivity contribution in [1.82, 2.24) is 15.5 Å². The number of ether oxygens (including phenoxy) is 2. The number of nitrogens with one attached hydrogen (secondary N) is 2. The number of aliphatic imine (C=N–C) groups is 1. The number of halogens is 2. The summed E-state index contributed by atoms with van der Waals surface area (Å²) in [5, 5.41) is 8.65. The number of alkyl halides is 2. The second kappa shape index (κ2) is 10.6. The Morgan fingerprint density at radius 1 is 1.30 bits per heavy atom. The van der Waals surface area contributed by atoms with E-state index in [4.69, 9.17) is 4.74 Å². The lowest BCUT2D eigenvalue weighted by Gasteiger charge is -2.32. The van der Waals surface area contributed by atoms with Crippen molar-refractivity contribution >= 4 is 17.3 Å². The standard InChI is InChI=1S/C21H28F2N4O2S/c1-14(27-8-6-19-15(13-27)7-9-30-19)11-25-21(24-2)26-12-16-10-17(28-3)4-5-18(16)29-20(22)23/h4-5,7,9-10,14,20H,6,8,11-13H2,1-3H3,(H2,24,25,26). The first kappa shape index (κ1) is 22.3. The van der Waals surface area contributed by atoms with Gasteiger partial charge in [-0.25, -0.2) is 0 Å². The highest BCUT2D eigenvalue weighted by atomic mass is 32.1. The average Bonchev–Trinajstić information content (AvgIpc) is 3.22. The highest BCUT2D eigenvalue weighted by Crippen LogP contribution is 2.26. The quantitative estimate of drug-likeness (QED) is 0.488. The molecule has 2 heterocycles. The van der Waals surface area contributed by atoms with Crippen molar-refractivity contribution in [3.63, 3.8) is 0 Å². The van der Waals surface area contributed by atoms with Crippen LogP contribution in [0.4, 0.5) is 8.78 Å². The van der Waals surface area contributed by atoms with Crippen molar-refractivity contribution in [1.29, 1.82) is 0 Å². The molecule has 1 aromatic carbocycles. The van der Waals surface area contributed by atoms with Crippen LogP contribution in [0.25, 0.3) is 0 Å². The number of nitrogens with zero attached hydrogens (tertiary/aromatic N) is 2. The Bertz CT molecular complexity index is 859. The maximum Gasteiger partial charge on any atom is 0.387 e. The zero-order valence-corrected chi connectivity index (χ0v) is 18.3. The third kappa shape index (κ3) is 5.82. The fourth-order valence-corrected chi connectivity index (χ4v) is 4.34. The topological polar surface area (TPSA) is 58.1 Å². The molecule has 0 fully saturated rings. The maximum atomic E-state index is 12.7. The van der Waals surface area contributed by atoms with Crippen LogP contribution in [-0.2, 0) is 19.5 Å². The molecule has 1 aromatic heterocycles. The summed E-state index contributed by atoms with van der Waals surface area (Å²) in [5.41, 5.74) is 1.98. The largest absolute Gasteiger partial charge is 0.497 e. The zero-order chi connectivity index (χ0) is 21.5. The molecule has 30 heavy (non-hydrogen) atoms. The predicted molar refractivity (Wildman–Crippen MR) is 116 cm³/mol. The maximum absolute atomic E-state index is 12.7. The van der Waals surface area contributed by atoms with Crippen LogP contribution in [0, 0.1) is 0 Å². The lowest BCUT2D eigenvalue weighted by Crippen LogP contribution is -2.47. The second-order valence-corrected chi connectivity index (χ2v) is 8.10. The number of rotatable bonds is 8. The van der Waals surface area contributed by atoms with Crippen LogP contribution in [0.3, 0.4) is 0 Å². The summed E-state index contributed by atoms with van der Waals surface area (Å²) >= 11 is 1.84. The molecule has 1 atom stereocenters. The van der Waals surface area contributed by atoms with Crippen molar-refractivity contribution in [2.75, 3.05) is 27.2 Å². The molecule has 1 unspecified atom stereocenters. The first-order valence-corrected chi connectivity index (χ1v) is 10.7. The van der Waals surface area contributed by atoms with Gasteiger partial charge in [0.2, 0.25) is 0 Å². The number of benzene rings is 1. The third-order valence-electron chi connectivity index (χ3n) is 5.18. The molecule has 0 spiro atoms. The summed E-state index contributed by atoms with van der Waals surface area (Å²) in [4.78, 5) is 8.18. The van der Waals surface area contributed by atoms with Gasteiger partial charge in [0.05, 0.1) is 7.11 Å². The molecule has 1 aliphatic heterocycles. The Hall–Kier alpha value is -2.39. The van der Waals surface area contributed by atoms with E-state index in [-0.39, 0.29) is 12.3 Å². The van der Waals surface area contributed by atoms with Gasteiger partial charge in [-0.3, -0.25) is 9.89 Å². The summed E-state index contributed by atoms with van der Waals surface area (Å²) in [6, 6.07) is 7.28. The van der Waals surface area contributed by atoms with Gasteiger partial charge in [-0.05, 0) is 48.6 Å². The van der Waals surface area contributed by atoms with Crippen molar-refractivity contribution in [2.24, 2.45) is 4.99 Å². The van der Waals surface area contributed by atoms with Crippen molar-refractivity contribution in [3.05, 3.63) is 45.6 Å². The van der Waals surface area contributed by atoms with E-state index in [2.05, 4.69) is 43.6 Å². The van der Waals surface area contributed by atoms with Gasteiger partial charge in [0, 0.05) is 49.7 Å². The molecule has 2 aromatic rings. The SMILES string of the molecule is CN=C(NCc1cc(OC)ccc1OC(F)F)NCC(C)N1CCc2sccc2C1. The fourth-order valence-electron chi connectivity index (χ4n) is 3.45. The van der Waals surface area contributed by atoms with Gasteiger partial charge >= 0.3 is 6.61 Å². The van der Waals surface area contributed by atoms with Crippen LogP contribution in [-0.4, -0.2) is 50.8 Å². The summed E-state index contributed by atoms with van der Waals surface area (Å²) in [7, 11) is 3.21. The Morgan fingerprint density at radius 2 is 2.13 bits per heavy atom. The predicted octanol–water partition coefficient (Wildman–Crippen LogP) is 3.47. The molecular weight excluding hydrogens is 410 g/mol. The minimum absolute atomic E-state index is 0.113. The van der Waals surface area contributed by atoms with Crippen LogP contribution in [0.5, 0.6) is 11.5 Å². The van der Waals surface area contributed by atoms with E-state index in [0.29, 0.717) is 23.3 Å². The molecule has 3 rings (SSSR count). The summed E-state index contributed by atoms with van der Waals surface area (Å²) in [6.45, 7) is 2.30. The molecule has 164 valence electrons. The molecule has 0 amide bonds. The number of hydrogen-bond acceptors (Lipinski definition) is 5. The number of thiophene rings is 1. The normalized spacial score (nSPS) is 15.6. The average molecular weight is 439 g/mol. The molecule has 0 saturated heterocycles. The number of fused-ring (bicyclic) bond motifs is 1. The van der Waals surface area contributed by atoms with E-state index in [1.807, 2.05) is 11.3 Å². The first-order chi connectivity index (χ1) is 14.5. The highest BCUT2D eigenvalue weighted by Gasteiger charge is 2.21. The minimum atomic E-state index is -2.89. The lowest BCUT2D eigenvalue weighted by atomic mass is 10.1. The van der Waals surface area contributed by atoms with E-state index in [1.54, 1.807) is 19.2 Å². The summed E-state index contributed by atoms with van der Waals surface area (Å²) in [5.74, 6) is 1.28. The summed E-state index contributed by atoms with van der Waals surface area (Å²) in [6.07, 6.45) is 1.09. The smallest absolute Gasteiger partial charge is 0.387 e. The minimum Gasteiger partial charge on any atom is -0.497 e. The van der Waals surface area contributed by atoms with E-state index >= 15 is 0 Å². The van der Waals surface area contributed by atoms with Gasteiger partial charge in [-0.15, -0.1) is 11.3 Å². The molecule has 0 bridgehead atoms. The van der Waals surface area contributed by atoms with Crippen molar-refractivity contribution < 1.29 is 18.3 Å². The Balaban J connectivity index is 1.54. The number of guanidine groups is 1. The van der Waals surface area contributed by atoms with Gasteiger partial charge in [-0.1, -0.05) is 0 Å². The van der Waals surface area contributed by atoms with E-state index in [9.17, 15) is 8.78 Å². The van der Waals surface area contributed by atoms with Crippen molar-refractivity contribution in [3.8, 4) is 11.5 Å². The molecule has 0 radical (unpaired) electrons. The van der Waals surface area contributed by atoms with Crippen LogP contribution in [0.2, 0.25) is 0 Å². The monoisotopic (exact) mass is 438 g/mol. The van der Waals surface area contributed by atoms with E-state index < -0.39 is 6.61 Å². The fraction of sp³-hybridized carbons (Fsp3) is 0.476. The van der Waals surface area contributed by atoms with Crippen LogP contribution in [0.1, 0.15) is 22.9 Å². The molecular formula is C21H28F2N4O2S. The molecule has 9 heteroatoms. The van der Waals surface area contributed by atoms with Crippen LogP contribution >= 0.6 is 11.3 Å².